The van der Waals surface area contributed by atoms with E-state index in [1.54, 1.807) is 0 Å². The van der Waals surface area contributed by atoms with Crippen LogP contribution in [0, 0.1) is 19.3 Å². The van der Waals surface area contributed by atoms with E-state index in [1.165, 1.54) is 16.7 Å². The van der Waals surface area contributed by atoms with Crippen LogP contribution in [-0.2, 0) is 11.2 Å². The van der Waals surface area contributed by atoms with Gasteiger partial charge < -0.3 is 5.11 Å². The highest BCUT2D eigenvalue weighted by Crippen LogP contribution is 2.27. The Bertz CT molecular complexity index is 392. The molecule has 0 atom stereocenters. The van der Waals surface area contributed by atoms with Crippen molar-refractivity contribution < 1.29 is 9.90 Å². The van der Waals surface area contributed by atoms with E-state index in [-0.39, 0.29) is 11.8 Å². The quantitative estimate of drug-likeness (QED) is 0.845. The Kier molecular flexibility index (Phi) is 3.74. The highest BCUT2D eigenvalue weighted by Gasteiger charge is 2.22. The number of benzene rings is 1. The highest BCUT2D eigenvalue weighted by molar-refractivity contribution is 5.67. The van der Waals surface area contributed by atoms with E-state index in [9.17, 15) is 4.79 Å². The Morgan fingerprint density at radius 2 is 1.94 bits per heavy atom. The van der Waals surface area contributed by atoms with Gasteiger partial charge in [-0.2, -0.15) is 0 Å². The van der Waals surface area contributed by atoms with Gasteiger partial charge in [0.2, 0.25) is 0 Å². The van der Waals surface area contributed by atoms with E-state index >= 15 is 0 Å². The molecular formula is C14H20O2. The lowest BCUT2D eigenvalue weighted by molar-refractivity contribution is -0.139. The zero-order valence-electron chi connectivity index (χ0n) is 10.5. The SMILES string of the molecule is Cc1ccc(CC(C)(C)CC(=O)O)c(C)c1. The fraction of sp³-hybridized carbons (Fsp3) is 0.500. The van der Waals surface area contributed by atoms with E-state index in [4.69, 9.17) is 5.11 Å². The maximum Gasteiger partial charge on any atom is 0.303 e. The third-order valence-corrected chi connectivity index (χ3v) is 2.80. The summed E-state index contributed by atoms with van der Waals surface area (Å²) in [5.74, 6) is -0.727. The first-order valence-electron chi connectivity index (χ1n) is 5.58. The van der Waals surface area contributed by atoms with Crippen LogP contribution in [0.4, 0.5) is 0 Å². The Hall–Kier alpha value is -1.31. The molecule has 0 radical (unpaired) electrons. The first-order valence-corrected chi connectivity index (χ1v) is 5.58. The fourth-order valence-corrected chi connectivity index (χ4v) is 2.03. The first-order chi connectivity index (χ1) is 7.30. The van der Waals surface area contributed by atoms with Crippen molar-refractivity contribution in [1.82, 2.24) is 0 Å². The van der Waals surface area contributed by atoms with Gasteiger partial charge in [0, 0.05) is 0 Å². The molecule has 1 aromatic rings. The summed E-state index contributed by atoms with van der Waals surface area (Å²) >= 11 is 0. The van der Waals surface area contributed by atoms with Crippen molar-refractivity contribution in [3.63, 3.8) is 0 Å². The average Bonchev–Trinajstić information content (AvgIpc) is 2.07. The number of hydrogen-bond acceptors (Lipinski definition) is 1. The number of aliphatic carboxylic acids is 1. The molecule has 1 aromatic carbocycles. The minimum absolute atomic E-state index is 0.189. The minimum Gasteiger partial charge on any atom is -0.481 e. The van der Waals surface area contributed by atoms with E-state index in [2.05, 4.69) is 32.0 Å². The molecule has 2 nitrogen and oxygen atoms in total. The number of carboxylic acid groups (broad SMARTS) is 1. The third kappa shape index (κ3) is 3.69. The van der Waals surface area contributed by atoms with Gasteiger partial charge in [0.15, 0.2) is 0 Å². The maximum atomic E-state index is 10.7. The van der Waals surface area contributed by atoms with Gasteiger partial charge in [0.1, 0.15) is 0 Å². The predicted molar refractivity (Wildman–Crippen MR) is 65.7 cm³/mol. The van der Waals surface area contributed by atoms with Crippen LogP contribution in [0.5, 0.6) is 0 Å². The van der Waals surface area contributed by atoms with Crippen LogP contribution in [0.1, 0.15) is 37.0 Å². The normalized spacial score (nSPS) is 11.5. The number of carbonyl (C=O) groups is 1. The molecule has 0 amide bonds. The summed E-state index contributed by atoms with van der Waals surface area (Å²) in [4.78, 5) is 10.7. The van der Waals surface area contributed by atoms with Crippen LogP contribution >= 0.6 is 0 Å². The molecule has 0 aromatic heterocycles. The number of hydrogen-bond donors (Lipinski definition) is 1. The van der Waals surface area contributed by atoms with Crippen LogP contribution in [-0.4, -0.2) is 11.1 Å². The second-order valence-electron chi connectivity index (χ2n) is 5.34. The molecule has 88 valence electrons. The lowest BCUT2D eigenvalue weighted by atomic mass is 9.81. The molecule has 0 spiro atoms. The van der Waals surface area contributed by atoms with Crippen LogP contribution in [0.3, 0.4) is 0 Å². The van der Waals surface area contributed by atoms with Crippen molar-refractivity contribution in [1.29, 1.82) is 0 Å². The summed E-state index contributed by atoms with van der Waals surface area (Å²) in [6.45, 7) is 8.15. The Morgan fingerprint density at radius 1 is 1.31 bits per heavy atom. The monoisotopic (exact) mass is 220 g/mol. The highest BCUT2D eigenvalue weighted by atomic mass is 16.4. The van der Waals surface area contributed by atoms with E-state index in [1.807, 2.05) is 13.8 Å². The molecule has 0 unspecified atom stereocenters. The zero-order chi connectivity index (χ0) is 12.3. The van der Waals surface area contributed by atoms with Crippen molar-refractivity contribution in [2.45, 2.75) is 40.5 Å². The van der Waals surface area contributed by atoms with Gasteiger partial charge in [-0.15, -0.1) is 0 Å². The summed E-state index contributed by atoms with van der Waals surface area (Å²) in [6.07, 6.45) is 1.02. The molecular weight excluding hydrogens is 200 g/mol. The van der Waals surface area contributed by atoms with E-state index in [0.29, 0.717) is 0 Å². The second-order valence-corrected chi connectivity index (χ2v) is 5.34. The molecule has 0 fully saturated rings. The lowest BCUT2D eigenvalue weighted by Gasteiger charge is -2.23. The van der Waals surface area contributed by atoms with E-state index < -0.39 is 5.97 Å². The number of rotatable bonds is 4. The smallest absolute Gasteiger partial charge is 0.303 e. The summed E-state index contributed by atoms with van der Waals surface area (Å²) in [5.41, 5.74) is 3.55. The van der Waals surface area contributed by atoms with Crippen molar-refractivity contribution in [3.8, 4) is 0 Å². The van der Waals surface area contributed by atoms with Crippen LogP contribution in [0.15, 0.2) is 18.2 Å². The fourth-order valence-electron chi connectivity index (χ4n) is 2.03. The Balaban J connectivity index is 2.83. The van der Waals surface area contributed by atoms with Crippen LogP contribution in [0.2, 0.25) is 0 Å². The van der Waals surface area contributed by atoms with Crippen LogP contribution < -0.4 is 0 Å². The number of carboxylic acids is 1. The standard InChI is InChI=1S/C14H20O2/c1-10-5-6-12(11(2)7-10)8-14(3,4)9-13(15)16/h5-7H,8-9H2,1-4H3,(H,15,16). The van der Waals surface area contributed by atoms with Crippen molar-refractivity contribution >= 4 is 5.97 Å². The minimum atomic E-state index is -0.727. The van der Waals surface area contributed by atoms with Gasteiger partial charge in [0.05, 0.1) is 6.42 Å². The lowest BCUT2D eigenvalue weighted by Crippen LogP contribution is -2.20. The molecule has 1 N–H and O–H groups in total. The van der Waals surface area contributed by atoms with Crippen molar-refractivity contribution in [2.24, 2.45) is 5.41 Å². The van der Waals surface area contributed by atoms with Gasteiger partial charge in [0.25, 0.3) is 0 Å². The van der Waals surface area contributed by atoms with E-state index in [0.717, 1.165) is 6.42 Å². The molecule has 16 heavy (non-hydrogen) atoms. The Morgan fingerprint density at radius 3 is 2.44 bits per heavy atom. The largest absolute Gasteiger partial charge is 0.481 e. The maximum absolute atomic E-state index is 10.7. The van der Waals surface area contributed by atoms with Crippen LogP contribution in [0.25, 0.3) is 0 Å². The molecule has 0 saturated carbocycles. The molecule has 0 bridgehead atoms. The molecule has 0 heterocycles. The van der Waals surface area contributed by atoms with Crippen molar-refractivity contribution in [3.05, 3.63) is 34.9 Å². The summed E-state index contributed by atoms with van der Waals surface area (Å²) in [7, 11) is 0. The van der Waals surface area contributed by atoms with Gasteiger partial charge in [-0.1, -0.05) is 37.6 Å². The second kappa shape index (κ2) is 4.69. The average molecular weight is 220 g/mol. The zero-order valence-corrected chi connectivity index (χ0v) is 10.5. The summed E-state index contributed by atoms with van der Waals surface area (Å²) in [5, 5.41) is 8.84. The van der Waals surface area contributed by atoms with Crippen molar-refractivity contribution in [2.75, 3.05) is 0 Å². The topological polar surface area (TPSA) is 37.3 Å². The van der Waals surface area contributed by atoms with Gasteiger partial charge >= 0.3 is 5.97 Å². The predicted octanol–water partition coefficient (Wildman–Crippen LogP) is 3.35. The molecule has 0 aliphatic rings. The number of aryl methyl sites for hydroxylation is 2. The summed E-state index contributed by atoms with van der Waals surface area (Å²) < 4.78 is 0. The first kappa shape index (κ1) is 12.8. The van der Waals surface area contributed by atoms with Gasteiger partial charge in [-0.3, -0.25) is 4.79 Å². The Labute approximate surface area is 97.3 Å². The molecule has 0 aliphatic carbocycles. The molecule has 2 heteroatoms. The van der Waals surface area contributed by atoms with Gasteiger partial charge in [-0.25, -0.2) is 0 Å². The van der Waals surface area contributed by atoms with Gasteiger partial charge in [-0.05, 0) is 36.8 Å². The summed E-state index contributed by atoms with van der Waals surface area (Å²) in [6, 6.07) is 6.33. The molecule has 0 saturated heterocycles. The third-order valence-electron chi connectivity index (χ3n) is 2.80. The molecule has 0 aliphatic heterocycles. The molecule has 1 rings (SSSR count).